The van der Waals surface area contributed by atoms with E-state index in [1.807, 2.05) is 7.05 Å². The Morgan fingerprint density at radius 2 is 1.94 bits per heavy atom. The fourth-order valence-corrected chi connectivity index (χ4v) is 4.10. The molecule has 33 heavy (non-hydrogen) atoms. The molecule has 12 heteroatoms. The third kappa shape index (κ3) is 5.25. The molecule has 1 aromatic heterocycles. The summed E-state index contributed by atoms with van der Waals surface area (Å²) >= 11 is 5.78. The van der Waals surface area contributed by atoms with Crippen molar-refractivity contribution in [3.63, 3.8) is 0 Å². The van der Waals surface area contributed by atoms with Gasteiger partial charge in [-0.2, -0.15) is 18.3 Å². The zero-order valence-electron chi connectivity index (χ0n) is 17.9. The van der Waals surface area contributed by atoms with Crippen molar-refractivity contribution in [3.05, 3.63) is 51.8 Å². The van der Waals surface area contributed by atoms with Crippen LogP contribution in [0.15, 0.2) is 24.3 Å². The average molecular weight is 486 g/mol. The van der Waals surface area contributed by atoms with Crippen LogP contribution in [0.25, 0.3) is 0 Å². The Morgan fingerprint density at radius 1 is 1.18 bits per heavy atom. The van der Waals surface area contributed by atoms with Crippen LogP contribution in [0.5, 0.6) is 0 Å². The number of alkyl halides is 3. The SMILES string of the molecule is CNC1CN(C(=O)c2cc3n(n2)CCCN(C(=O)OCc2cc(Cl)cc(C(F)(F)F)c2)C3)C1. The summed E-state index contributed by atoms with van der Waals surface area (Å²) in [6.45, 7) is 2.01. The lowest BCUT2D eigenvalue weighted by molar-refractivity contribution is -0.137. The first-order valence-corrected chi connectivity index (χ1v) is 10.8. The molecule has 0 saturated carbocycles. The van der Waals surface area contributed by atoms with Gasteiger partial charge in [-0.1, -0.05) is 11.6 Å². The number of hydrogen-bond donors (Lipinski definition) is 1. The molecule has 1 N–H and O–H groups in total. The summed E-state index contributed by atoms with van der Waals surface area (Å²) < 4.78 is 45.9. The number of amides is 2. The van der Waals surface area contributed by atoms with E-state index in [0.717, 1.165) is 12.1 Å². The van der Waals surface area contributed by atoms with Gasteiger partial charge in [-0.3, -0.25) is 9.48 Å². The van der Waals surface area contributed by atoms with Crippen molar-refractivity contribution < 1.29 is 27.5 Å². The summed E-state index contributed by atoms with van der Waals surface area (Å²) in [4.78, 5) is 28.4. The van der Waals surface area contributed by atoms with Crippen LogP contribution in [-0.4, -0.2) is 64.3 Å². The molecule has 0 aliphatic carbocycles. The molecule has 4 rings (SSSR count). The number of rotatable bonds is 4. The lowest BCUT2D eigenvalue weighted by Crippen LogP contribution is -2.59. The van der Waals surface area contributed by atoms with Gasteiger partial charge in [0.15, 0.2) is 5.69 Å². The van der Waals surface area contributed by atoms with Crippen molar-refractivity contribution in [2.45, 2.75) is 38.3 Å². The number of aryl methyl sites for hydroxylation is 1. The monoisotopic (exact) mass is 485 g/mol. The minimum atomic E-state index is -4.55. The number of nitrogens with one attached hydrogen (secondary N) is 1. The summed E-state index contributed by atoms with van der Waals surface area (Å²) in [5.41, 5.74) is 0.263. The number of hydrogen-bond acceptors (Lipinski definition) is 5. The topological polar surface area (TPSA) is 79.7 Å². The number of benzene rings is 1. The molecule has 8 nitrogen and oxygen atoms in total. The standard InChI is InChI=1S/C21H23ClF3N5O3/c1-26-16-9-29(10-16)19(31)18-8-17-11-28(3-2-4-30(17)27-18)20(32)33-12-13-5-14(21(23,24)25)7-15(22)6-13/h5-8,16,26H,2-4,9-12H2,1H3. The molecule has 178 valence electrons. The molecule has 1 fully saturated rings. The molecule has 0 atom stereocenters. The quantitative estimate of drug-likeness (QED) is 0.719. The van der Waals surface area contributed by atoms with Gasteiger partial charge < -0.3 is 19.9 Å². The molecule has 1 saturated heterocycles. The molecule has 0 radical (unpaired) electrons. The maximum atomic E-state index is 13.0. The Morgan fingerprint density at radius 3 is 2.64 bits per heavy atom. The minimum Gasteiger partial charge on any atom is -0.445 e. The van der Waals surface area contributed by atoms with Crippen molar-refractivity contribution >= 4 is 23.6 Å². The van der Waals surface area contributed by atoms with Gasteiger partial charge in [0.1, 0.15) is 6.61 Å². The van der Waals surface area contributed by atoms with Crippen molar-refractivity contribution in [2.24, 2.45) is 0 Å². The molecule has 2 aliphatic heterocycles. The van der Waals surface area contributed by atoms with Crippen molar-refractivity contribution in [2.75, 3.05) is 26.7 Å². The van der Waals surface area contributed by atoms with Crippen LogP contribution >= 0.6 is 11.6 Å². The summed E-state index contributed by atoms with van der Waals surface area (Å²) in [6, 6.07) is 5.01. The largest absolute Gasteiger partial charge is 0.445 e. The van der Waals surface area contributed by atoms with E-state index in [9.17, 15) is 22.8 Å². The Hall–Kier alpha value is -2.79. The van der Waals surface area contributed by atoms with Crippen LogP contribution in [0.3, 0.4) is 0 Å². The summed E-state index contributed by atoms with van der Waals surface area (Å²) in [5.74, 6) is -0.155. The van der Waals surface area contributed by atoms with Gasteiger partial charge in [-0.05, 0) is 43.3 Å². The second-order valence-corrected chi connectivity index (χ2v) is 8.55. The molecule has 2 amide bonds. The third-order valence-electron chi connectivity index (χ3n) is 5.72. The highest BCUT2D eigenvalue weighted by Gasteiger charge is 2.33. The van der Waals surface area contributed by atoms with E-state index in [-0.39, 0.29) is 35.7 Å². The van der Waals surface area contributed by atoms with Crippen LogP contribution in [-0.2, 0) is 30.6 Å². The van der Waals surface area contributed by atoms with Gasteiger partial charge in [0.25, 0.3) is 5.91 Å². The fourth-order valence-electron chi connectivity index (χ4n) is 3.85. The lowest BCUT2D eigenvalue weighted by Gasteiger charge is -2.38. The number of aromatic nitrogens is 2. The Bertz CT molecular complexity index is 1050. The number of nitrogens with zero attached hydrogens (tertiary/aromatic N) is 4. The van der Waals surface area contributed by atoms with E-state index < -0.39 is 17.8 Å². The molecule has 3 heterocycles. The van der Waals surface area contributed by atoms with Gasteiger partial charge in [0.05, 0.1) is 17.8 Å². The number of fused-ring (bicyclic) bond motifs is 1. The van der Waals surface area contributed by atoms with Gasteiger partial charge >= 0.3 is 12.3 Å². The zero-order chi connectivity index (χ0) is 23.8. The van der Waals surface area contributed by atoms with Crippen LogP contribution in [0.1, 0.15) is 33.7 Å². The van der Waals surface area contributed by atoms with Gasteiger partial charge in [-0.15, -0.1) is 0 Å². The van der Waals surface area contributed by atoms with Crippen molar-refractivity contribution in [3.8, 4) is 0 Å². The third-order valence-corrected chi connectivity index (χ3v) is 5.93. The average Bonchev–Trinajstić information content (AvgIpc) is 3.01. The van der Waals surface area contributed by atoms with Crippen molar-refractivity contribution in [1.29, 1.82) is 0 Å². The van der Waals surface area contributed by atoms with Crippen LogP contribution in [0.2, 0.25) is 5.02 Å². The summed E-state index contributed by atoms with van der Waals surface area (Å²) in [7, 11) is 1.85. The normalized spacial score (nSPS) is 16.8. The molecule has 0 bridgehead atoms. The molecule has 0 spiro atoms. The highest BCUT2D eigenvalue weighted by molar-refractivity contribution is 6.30. The first-order chi connectivity index (χ1) is 15.6. The highest BCUT2D eigenvalue weighted by atomic mass is 35.5. The first kappa shape index (κ1) is 23.4. The van der Waals surface area contributed by atoms with Crippen LogP contribution in [0, 0.1) is 0 Å². The predicted octanol–water partition coefficient (Wildman–Crippen LogP) is 3.14. The van der Waals surface area contributed by atoms with Gasteiger partial charge in [-0.25, -0.2) is 4.79 Å². The van der Waals surface area contributed by atoms with Crippen LogP contribution < -0.4 is 5.32 Å². The number of likely N-dealkylation sites (tertiary alicyclic amines) is 1. The summed E-state index contributed by atoms with van der Waals surface area (Å²) in [6.07, 6.45) is -4.62. The predicted molar refractivity (Wildman–Crippen MR) is 113 cm³/mol. The number of likely N-dealkylation sites (N-methyl/N-ethyl adjacent to an activating group) is 1. The van der Waals surface area contributed by atoms with E-state index in [0.29, 0.717) is 44.0 Å². The Kier molecular flexibility index (Phi) is 6.53. The fraction of sp³-hybridized carbons (Fsp3) is 0.476. The minimum absolute atomic E-state index is 0.0880. The molecule has 1 aromatic carbocycles. The first-order valence-electron chi connectivity index (χ1n) is 10.5. The molecular formula is C21H23ClF3N5O3. The van der Waals surface area contributed by atoms with E-state index in [1.165, 1.54) is 11.0 Å². The zero-order valence-corrected chi connectivity index (χ0v) is 18.6. The molecule has 2 aliphatic rings. The number of halogens is 4. The van der Waals surface area contributed by atoms with E-state index in [2.05, 4.69) is 10.4 Å². The van der Waals surface area contributed by atoms with Crippen molar-refractivity contribution in [1.82, 2.24) is 24.9 Å². The van der Waals surface area contributed by atoms with Crippen LogP contribution in [0.4, 0.5) is 18.0 Å². The van der Waals surface area contributed by atoms with Gasteiger partial charge in [0.2, 0.25) is 0 Å². The maximum absolute atomic E-state index is 13.0. The second kappa shape index (κ2) is 9.22. The summed E-state index contributed by atoms with van der Waals surface area (Å²) in [5, 5.41) is 7.42. The molecular weight excluding hydrogens is 463 g/mol. The lowest BCUT2D eigenvalue weighted by atomic mass is 10.1. The highest BCUT2D eigenvalue weighted by Crippen LogP contribution is 2.32. The Balaban J connectivity index is 1.39. The second-order valence-electron chi connectivity index (χ2n) is 8.12. The van der Waals surface area contributed by atoms with E-state index >= 15 is 0 Å². The Labute approximate surface area is 193 Å². The van der Waals surface area contributed by atoms with Gasteiger partial charge in [0, 0.05) is 37.2 Å². The van der Waals surface area contributed by atoms with E-state index in [4.69, 9.17) is 16.3 Å². The van der Waals surface area contributed by atoms with E-state index in [1.54, 1.807) is 15.6 Å². The number of carbonyl (C=O) groups is 2. The molecule has 2 aromatic rings. The maximum Gasteiger partial charge on any atom is 0.416 e. The number of carbonyl (C=O) groups excluding carboxylic acids is 2. The molecule has 0 unspecified atom stereocenters. The number of ether oxygens (including phenoxy) is 1. The smallest absolute Gasteiger partial charge is 0.416 e.